The predicted octanol–water partition coefficient (Wildman–Crippen LogP) is 2.95. The number of nitrogens with one attached hydrogen (secondary N) is 1. The van der Waals surface area contributed by atoms with Gasteiger partial charge in [0.15, 0.2) is 0 Å². The molecule has 0 amide bonds. The van der Waals surface area contributed by atoms with Gasteiger partial charge in [-0.2, -0.15) is 0 Å². The molecule has 4 heteroatoms. The van der Waals surface area contributed by atoms with Crippen molar-refractivity contribution in [2.45, 2.75) is 13.5 Å². The number of para-hydroxylation sites is 1. The van der Waals surface area contributed by atoms with Crippen molar-refractivity contribution in [2.75, 3.05) is 5.32 Å². The van der Waals surface area contributed by atoms with E-state index in [9.17, 15) is 0 Å². The fraction of sp³-hybridized carbons (Fsp3) is 0.133. The SMILES string of the molecule is Cc1nccc(NCc2cccc3cccnc23)n1. The number of pyridine rings is 1. The lowest BCUT2D eigenvalue weighted by atomic mass is 10.1. The highest BCUT2D eigenvalue weighted by atomic mass is 15.0. The lowest BCUT2D eigenvalue weighted by molar-refractivity contribution is 1.02. The van der Waals surface area contributed by atoms with Crippen molar-refractivity contribution >= 4 is 16.7 Å². The molecule has 0 atom stereocenters. The van der Waals surface area contributed by atoms with Gasteiger partial charge < -0.3 is 5.32 Å². The number of rotatable bonds is 3. The summed E-state index contributed by atoms with van der Waals surface area (Å²) >= 11 is 0. The third kappa shape index (κ3) is 2.52. The zero-order valence-corrected chi connectivity index (χ0v) is 10.7. The predicted molar refractivity (Wildman–Crippen MR) is 75.8 cm³/mol. The highest BCUT2D eigenvalue weighted by Crippen LogP contribution is 2.16. The summed E-state index contributed by atoms with van der Waals surface area (Å²) in [7, 11) is 0. The number of hydrogen-bond donors (Lipinski definition) is 1. The molecule has 0 unspecified atom stereocenters. The number of benzene rings is 1. The zero-order chi connectivity index (χ0) is 13.1. The van der Waals surface area contributed by atoms with E-state index in [1.54, 1.807) is 6.20 Å². The number of nitrogens with zero attached hydrogens (tertiary/aromatic N) is 3. The molecule has 4 nitrogen and oxygen atoms in total. The second-order valence-electron chi connectivity index (χ2n) is 4.33. The molecule has 1 N–H and O–H groups in total. The first-order valence-electron chi connectivity index (χ1n) is 6.19. The van der Waals surface area contributed by atoms with Gasteiger partial charge in [0.05, 0.1) is 5.52 Å². The summed E-state index contributed by atoms with van der Waals surface area (Å²) < 4.78 is 0. The standard InChI is InChI=1S/C15H14N4/c1-11-16-9-7-14(19-11)18-10-13-5-2-4-12-6-3-8-17-15(12)13/h2-9H,10H2,1H3,(H,16,18,19). The minimum absolute atomic E-state index is 0.699. The van der Waals surface area contributed by atoms with E-state index in [1.807, 2.05) is 31.3 Å². The fourth-order valence-corrected chi connectivity index (χ4v) is 2.05. The lowest BCUT2D eigenvalue weighted by Gasteiger charge is -2.08. The molecule has 0 spiro atoms. The molecule has 0 fully saturated rings. The normalized spacial score (nSPS) is 10.6. The number of aromatic nitrogens is 3. The van der Waals surface area contributed by atoms with Crippen LogP contribution in [0.4, 0.5) is 5.82 Å². The van der Waals surface area contributed by atoms with Gasteiger partial charge in [-0.1, -0.05) is 24.3 Å². The second kappa shape index (κ2) is 5.02. The minimum atomic E-state index is 0.699. The van der Waals surface area contributed by atoms with Crippen LogP contribution >= 0.6 is 0 Å². The van der Waals surface area contributed by atoms with E-state index < -0.39 is 0 Å². The van der Waals surface area contributed by atoms with E-state index in [0.29, 0.717) is 6.54 Å². The first-order valence-corrected chi connectivity index (χ1v) is 6.19. The maximum Gasteiger partial charge on any atom is 0.129 e. The van der Waals surface area contributed by atoms with Crippen LogP contribution in [-0.4, -0.2) is 15.0 Å². The largest absolute Gasteiger partial charge is 0.366 e. The monoisotopic (exact) mass is 250 g/mol. The number of anilines is 1. The van der Waals surface area contributed by atoms with Gasteiger partial charge in [0.2, 0.25) is 0 Å². The van der Waals surface area contributed by atoms with Crippen LogP contribution in [-0.2, 0) is 6.54 Å². The lowest BCUT2D eigenvalue weighted by Crippen LogP contribution is -2.03. The number of hydrogen-bond acceptors (Lipinski definition) is 4. The van der Waals surface area contributed by atoms with E-state index in [2.05, 4.69) is 38.5 Å². The average Bonchev–Trinajstić information content (AvgIpc) is 2.45. The second-order valence-corrected chi connectivity index (χ2v) is 4.33. The molecule has 94 valence electrons. The molecule has 0 bridgehead atoms. The molecule has 3 rings (SSSR count). The fourth-order valence-electron chi connectivity index (χ4n) is 2.05. The molecular weight excluding hydrogens is 236 g/mol. The smallest absolute Gasteiger partial charge is 0.129 e. The zero-order valence-electron chi connectivity index (χ0n) is 10.7. The van der Waals surface area contributed by atoms with Gasteiger partial charge in [-0.3, -0.25) is 4.98 Å². The van der Waals surface area contributed by atoms with Crippen LogP contribution in [0.3, 0.4) is 0 Å². The van der Waals surface area contributed by atoms with Crippen LogP contribution < -0.4 is 5.32 Å². The van der Waals surface area contributed by atoms with Crippen molar-refractivity contribution in [3.63, 3.8) is 0 Å². The van der Waals surface area contributed by atoms with Crippen LogP contribution in [0, 0.1) is 6.92 Å². The Morgan fingerprint density at radius 1 is 1.00 bits per heavy atom. The van der Waals surface area contributed by atoms with Gasteiger partial charge in [0.25, 0.3) is 0 Å². The van der Waals surface area contributed by atoms with E-state index in [1.165, 1.54) is 0 Å². The summed E-state index contributed by atoms with van der Waals surface area (Å²) in [5.74, 6) is 1.60. The molecule has 0 aliphatic rings. The molecule has 0 saturated heterocycles. The van der Waals surface area contributed by atoms with Crippen molar-refractivity contribution < 1.29 is 0 Å². The van der Waals surface area contributed by atoms with Crippen LogP contribution in [0.25, 0.3) is 10.9 Å². The summed E-state index contributed by atoms with van der Waals surface area (Å²) in [5, 5.41) is 4.46. The van der Waals surface area contributed by atoms with Crippen molar-refractivity contribution in [3.05, 3.63) is 60.2 Å². The van der Waals surface area contributed by atoms with Crippen LogP contribution in [0.15, 0.2) is 48.8 Å². The molecular formula is C15H14N4. The van der Waals surface area contributed by atoms with Gasteiger partial charge >= 0.3 is 0 Å². The molecule has 1 aromatic carbocycles. The Morgan fingerprint density at radius 2 is 1.89 bits per heavy atom. The Kier molecular flexibility index (Phi) is 3.06. The molecule has 0 saturated carbocycles. The van der Waals surface area contributed by atoms with E-state index >= 15 is 0 Å². The Morgan fingerprint density at radius 3 is 2.79 bits per heavy atom. The van der Waals surface area contributed by atoms with Gasteiger partial charge in [-0.15, -0.1) is 0 Å². The molecule has 0 aliphatic carbocycles. The van der Waals surface area contributed by atoms with Crippen molar-refractivity contribution in [1.82, 2.24) is 15.0 Å². The highest BCUT2D eigenvalue weighted by molar-refractivity contribution is 5.81. The third-order valence-corrected chi connectivity index (χ3v) is 2.95. The molecule has 0 aliphatic heterocycles. The van der Waals surface area contributed by atoms with Gasteiger partial charge in [-0.05, 0) is 24.6 Å². The van der Waals surface area contributed by atoms with Crippen LogP contribution in [0.2, 0.25) is 0 Å². The Balaban J connectivity index is 1.86. The number of aryl methyl sites for hydroxylation is 1. The van der Waals surface area contributed by atoms with Crippen molar-refractivity contribution in [3.8, 4) is 0 Å². The number of fused-ring (bicyclic) bond motifs is 1. The maximum atomic E-state index is 4.44. The molecule has 0 radical (unpaired) electrons. The van der Waals surface area contributed by atoms with Gasteiger partial charge in [-0.25, -0.2) is 9.97 Å². The summed E-state index contributed by atoms with van der Waals surface area (Å²) in [4.78, 5) is 12.8. The molecule has 2 heterocycles. The highest BCUT2D eigenvalue weighted by Gasteiger charge is 2.02. The van der Waals surface area contributed by atoms with E-state index in [4.69, 9.17) is 0 Å². The van der Waals surface area contributed by atoms with Gasteiger partial charge in [0, 0.05) is 24.3 Å². The maximum absolute atomic E-state index is 4.44. The summed E-state index contributed by atoms with van der Waals surface area (Å²) in [5.41, 5.74) is 2.19. The third-order valence-electron chi connectivity index (χ3n) is 2.95. The summed E-state index contributed by atoms with van der Waals surface area (Å²) in [6, 6.07) is 12.1. The Hall–Kier alpha value is -2.49. The summed E-state index contributed by atoms with van der Waals surface area (Å²) in [6.45, 7) is 2.58. The van der Waals surface area contributed by atoms with E-state index in [0.717, 1.165) is 28.1 Å². The average molecular weight is 250 g/mol. The van der Waals surface area contributed by atoms with Gasteiger partial charge in [0.1, 0.15) is 11.6 Å². The Bertz CT molecular complexity index is 704. The van der Waals surface area contributed by atoms with Crippen LogP contribution in [0.5, 0.6) is 0 Å². The van der Waals surface area contributed by atoms with Crippen molar-refractivity contribution in [2.24, 2.45) is 0 Å². The van der Waals surface area contributed by atoms with Crippen molar-refractivity contribution in [1.29, 1.82) is 0 Å². The van der Waals surface area contributed by atoms with Crippen LogP contribution in [0.1, 0.15) is 11.4 Å². The van der Waals surface area contributed by atoms with E-state index in [-0.39, 0.29) is 0 Å². The minimum Gasteiger partial charge on any atom is -0.366 e. The first kappa shape index (κ1) is 11.6. The first-order chi connectivity index (χ1) is 9.33. The molecule has 2 aromatic heterocycles. The molecule has 19 heavy (non-hydrogen) atoms. The molecule has 3 aromatic rings. The topological polar surface area (TPSA) is 50.7 Å². The quantitative estimate of drug-likeness (QED) is 0.776. The summed E-state index contributed by atoms with van der Waals surface area (Å²) in [6.07, 6.45) is 3.58. The Labute approximate surface area is 111 Å².